The molecule has 2 unspecified atom stereocenters. The van der Waals surface area contributed by atoms with Crippen molar-refractivity contribution >= 4 is 9.84 Å². The number of hydrogen-bond acceptors (Lipinski definition) is 6. The van der Waals surface area contributed by atoms with Crippen LogP contribution < -0.4 is 5.73 Å². The molecular weight excluding hydrogens is 278 g/mol. The lowest BCUT2D eigenvalue weighted by Gasteiger charge is -2.21. The summed E-state index contributed by atoms with van der Waals surface area (Å²) in [4.78, 5) is 4.31. The van der Waals surface area contributed by atoms with Crippen LogP contribution in [-0.4, -0.2) is 36.1 Å². The van der Waals surface area contributed by atoms with Crippen LogP contribution >= 0.6 is 0 Å². The quantitative estimate of drug-likeness (QED) is 0.899. The van der Waals surface area contributed by atoms with Crippen LogP contribution in [0.3, 0.4) is 0 Å². The van der Waals surface area contributed by atoms with Crippen molar-refractivity contribution in [2.24, 2.45) is 11.1 Å². The number of rotatable bonds is 4. The Bertz CT molecular complexity index is 560. The summed E-state index contributed by atoms with van der Waals surface area (Å²) in [5.74, 6) is 1.21. The fourth-order valence-electron chi connectivity index (χ4n) is 2.60. The molecule has 0 saturated carbocycles. The Morgan fingerprint density at radius 3 is 2.70 bits per heavy atom. The average Bonchev–Trinajstić information content (AvgIpc) is 2.81. The predicted octanol–water partition coefficient (Wildman–Crippen LogP) is 1.28. The fourth-order valence-corrected chi connectivity index (χ4v) is 4.34. The minimum absolute atomic E-state index is 0.0318. The minimum Gasteiger partial charge on any atom is -0.339 e. The summed E-state index contributed by atoms with van der Waals surface area (Å²) in [6, 6.07) is -0.0318. The number of nitrogens with two attached hydrogens (primary N) is 1. The molecule has 2 heterocycles. The summed E-state index contributed by atoms with van der Waals surface area (Å²) in [5.41, 5.74) is 6.23. The maximum Gasteiger partial charge on any atom is 0.228 e. The monoisotopic (exact) mass is 301 g/mol. The molecule has 20 heavy (non-hydrogen) atoms. The highest BCUT2D eigenvalue weighted by molar-refractivity contribution is 7.91. The van der Waals surface area contributed by atoms with Gasteiger partial charge in [0.1, 0.15) is 0 Å². The normalized spacial score (nSPS) is 23.9. The summed E-state index contributed by atoms with van der Waals surface area (Å²) in [6.45, 7) is 6.40. The first-order valence-electron chi connectivity index (χ1n) is 6.93. The Labute approximate surface area is 120 Å². The van der Waals surface area contributed by atoms with Crippen molar-refractivity contribution < 1.29 is 12.9 Å². The third-order valence-corrected chi connectivity index (χ3v) is 5.16. The second kappa shape index (κ2) is 5.44. The van der Waals surface area contributed by atoms with Gasteiger partial charge in [0.05, 0.1) is 11.5 Å². The highest BCUT2D eigenvalue weighted by Crippen LogP contribution is 2.27. The smallest absolute Gasteiger partial charge is 0.228 e. The lowest BCUT2D eigenvalue weighted by Crippen LogP contribution is -2.28. The summed E-state index contributed by atoms with van der Waals surface area (Å²) in [7, 11) is -2.93. The highest BCUT2D eigenvalue weighted by atomic mass is 32.2. The van der Waals surface area contributed by atoms with Gasteiger partial charge in [-0.15, -0.1) is 0 Å². The molecule has 1 aliphatic heterocycles. The minimum atomic E-state index is -2.93. The van der Waals surface area contributed by atoms with E-state index in [1.165, 1.54) is 0 Å². The van der Waals surface area contributed by atoms with Gasteiger partial charge in [0.25, 0.3) is 0 Å². The van der Waals surface area contributed by atoms with E-state index in [9.17, 15) is 8.42 Å². The first kappa shape index (κ1) is 15.4. The topological polar surface area (TPSA) is 99.1 Å². The van der Waals surface area contributed by atoms with E-state index in [1.807, 2.05) is 0 Å². The highest BCUT2D eigenvalue weighted by Gasteiger charge is 2.32. The molecule has 0 aliphatic carbocycles. The van der Waals surface area contributed by atoms with Crippen LogP contribution in [0.15, 0.2) is 4.52 Å². The molecule has 2 N–H and O–H groups in total. The van der Waals surface area contributed by atoms with Crippen LogP contribution in [0.1, 0.15) is 51.2 Å². The second-order valence-corrected chi connectivity index (χ2v) is 9.10. The van der Waals surface area contributed by atoms with E-state index in [0.717, 1.165) is 6.42 Å². The molecule has 1 fully saturated rings. The van der Waals surface area contributed by atoms with E-state index in [-0.39, 0.29) is 28.9 Å². The standard InChI is InChI=1S/C13H23N3O3S/c1-13(2,3)7-10(14)6-11-15-12(16-19-11)9-4-5-20(17,18)8-9/h9-10H,4-8,14H2,1-3H3. The van der Waals surface area contributed by atoms with Gasteiger partial charge in [0.2, 0.25) is 5.89 Å². The number of hydrogen-bond donors (Lipinski definition) is 1. The summed E-state index contributed by atoms with van der Waals surface area (Å²) >= 11 is 0. The maximum absolute atomic E-state index is 11.4. The summed E-state index contributed by atoms with van der Waals surface area (Å²) in [6.07, 6.45) is 1.97. The van der Waals surface area contributed by atoms with Gasteiger partial charge in [-0.25, -0.2) is 8.42 Å². The number of aromatic nitrogens is 2. The molecule has 1 aliphatic rings. The van der Waals surface area contributed by atoms with Gasteiger partial charge >= 0.3 is 0 Å². The van der Waals surface area contributed by atoms with Crippen LogP contribution in [0.2, 0.25) is 0 Å². The number of nitrogens with zero attached hydrogens (tertiary/aromatic N) is 2. The molecule has 0 bridgehead atoms. The first-order valence-corrected chi connectivity index (χ1v) is 8.75. The van der Waals surface area contributed by atoms with Crippen LogP contribution in [0.5, 0.6) is 0 Å². The molecule has 0 radical (unpaired) electrons. The third-order valence-electron chi connectivity index (χ3n) is 3.39. The van der Waals surface area contributed by atoms with E-state index in [4.69, 9.17) is 10.3 Å². The summed E-state index contributed by atoms with van der Waals surface area (Å²) in [5, 5.41) is 3.91. The van der Waals surface area contributed by atoms with E-state index >= 15 is 0 Å². The molecule has 1 aromatic heterocycles. The molecular formula is C13H23N3O3S. The van der Waals surface area contributed by atoms with E-state index < -0.39 is 9.84 Å². The van der Waals surface area contributed by atoms with Gasteiger partial charge in [-0.05, 0) is 18.3 Å². The van der Waals surface area contributed by atoms with Crippen molar-refractivity contribution in [2.75, 3.05) is 11.5 Å². The van der Waals surface area contributed by atoms with Crippen molar-refractivity contribution in [3.8, 4) is 0 Å². The van der Waals surface area contributed by atoms with Crippen molar-refractivity contribution in [1.82, 2.24) is 10.1 Å². The zero-order chi connectivity index (χ0) is 15.0. The fraction of sp³-hybridized carbons (Fsp3) is 0.846. The molecule has 114 valence electrons. The van der Waals surface area contributed by atoms with Crippen LogP contribution in [-0.2, 0) is 16.3 Å². The van der Waals surface area contributed by atoms with Crippen molar-refractivity contribution in [3.63, 3.8) is 0 Å². The van der Waals surface area contributed by atoms with E-state index in [0.29, 0.717) is 24.6 Å². The van der Waals surface area contributed by atoms with Gasteiger partial charge in [-0.1, -0.05) is 25.9 Å². The lowest BCUT2D eigenvalue weighted by atomic mass is 9.87. The summed E-state index contributed by atoms with van der Waals surface area (Å²) < 4.78 is 28.1. The Kier molecular flexibility index (Phi) is 4.20. The molecule has 6 nitrogen and oxygen atoms in total. The van der Waals surface area contributed by atoms with Crippen molar-refractivity contribution in [2.45, 2.75) is 52.0 Å². The van der Waals surface area contributed by atoms with Gasteiger partial charge in [-0.3, -0.25) is 0 Å². The van der Waals surface area contributed by atoms with Crippen LogP contribution in [0.25, 0.3) is 0 Å². The number of sulfone groups is 1. The molecule has 1 saturated heterocycles. The maximum atomic E-state index is 11.4. The molecule has 0 spiro atoms. The molecule has 0 aromatic carbocycles. The molecule has 7 heteroatoms. The van der Waals surface area contributed by atoms with Gasteiger partial charge in [0.15, 0.2) is 15.7 Å². The Hall–Kier alpha value is -0.950. The third kappa shape index (κ3) is 4.28. The first-order chi connectivity index (χ1) is 9.15. The molecule has 2 atom stereocenters. The molecule has 1 aromatic rings. The predicted molar refractivity (Wildman–Crippen MR) is 76.1 cm³/mol. The Morgan fingerprint density at radius 2 is 2.15 bits per heavy atom. The van der Waals surface area contributed by atoms with Gasteiger partial charge in [0, 0.05) is 18.4 Å². The Morgan fingerprint density at radius 1 is 1.45 bits per heavy atom. The Balaban J connectivity index is 1.96. The molecule has 0 amide bonds. The van der Waals surface area contributed by atoms with E-state index in [1.54, 1.807) is 0 Å². The largest absolute Gasteiger partial charge is 0.339 e. The second-order valence-electron chi connectivity index (χ2n) is 6.88. The molecule has 2 rings (SSSR count). The van der Waals surface area contributed by atoms with Crippen LogP contribution in [0, 0.1) is 5.41 Å². The average molecular weight is 301 g/mol. The van der Waals surface area contributed by atoms with Crippen molar-refractivity contribution in [1.29, 1.82) is 0 Å². The van der Waals surface area contributed by atoms with Crippen molar-refractivity contribution in [3.05, 3.63) is 11.7 Å². The van der Waals surface area contributed by atoms with E-state index in [2.05, 4.69) is 30.9 Å². The zero-order valence-corrected chi connectivity index (χ0v) is 13.1. The zero-order valence-electron chi connectivity index (χ0n) is 12.3. The van der Waals surface area contributed by atoms with Crippen LogP contribution in [0.4, 0.5) is 0 Å². The lowest BCUT2D eigenvalue weighted by molar-refractivity contribution is 0.312. The van der Waals surface area contributed by atoms with Gasteiger partial charge in [-0.2, -0.15) is 4.98 Å². The van der Waals surface area contributed by atoms with Gasteiger partial charge < -0.3 is 10.3 Å². The SMILES string of the molecule is CC(C)(C)CC(N)Cc1nc(C2CCS(=O)(=O)C2)no1.